The number of aliphatic hydroxyl groups excluding tert-OH is 3. The van der Waals surface area contributed by atoms with E-state index in [1.54, 1.807) is 30.3 Å². The van der Waals surface area contributed by atoms with E-state index in [0.717, 1.165) is 0 Å². The van der Waals surface area contributed by atoms with E-state index in [9.17, 15) is 20.1 Å². The summed E-state index contributed by atoms with van der Waals surface area (Å²) in [6.07, 6.45) is -3.45. The Labute approximate surface area is 87.8 Å². The second-order valence-electron chi connectivity index (χ2n) is 3.32. The van der Waals surface area contributed by atoms with Crippen LogP contribution in [0.4, 0.5) is 0 Å². The standard InChI is InChI=1S/C11H14O4/c12-7-6-9(13)11(15)10(14)8-4-2-1-3-5-8/h1-5,7,9-11,13-15H,6H2/t9-,10-,11-/m0/s1. The molecule has 0 saturated carbocycles. The Kier molecular flexibility index (Phi) is 4.42. The van der Waals surface area contributed by atoms with E-state index in [1.165, 1.54) is 0 Å². The molecular formula is C11H14O4. The molecule has 0 aliphatic rings. The molecule has 4 nitrogen and oxygen atoms in total. The summed E-state index contributed by atoms with van der Waals surface area (Å²) < 4.78 is 0. The van der Waals surface area contributed by atoms with Crippen LogP contribution in [0.5, 0.6) is 0 Å². The summed E-state index contributed by atoms with van der Waals surface area (Å²) in [5.74, 6) is 0. The molecule has 0 unspecified atom stereocenters. The molecule has 0 aliphatic heterocycles. The molecule has 0 radical (unpaired) electrons. The van der Waals surface area contributed by atoms with Gasteiger partial charge < -0.3 is 20.1 Å². The van der Waals surface area contributed by atoms with Crippen molar-refractivity contribution in [2.24, 2.45) is 0 Å². The fourth-order valence-corrected chi connectivity index (χ4v) is 1.30. The van der Waals surface area contributed by atoms with Crippen LogP contribution in [0.1, 0.15) is 18.1 Å². The van der Waals surface area contributed by atoms with E-state index in [2.05, 4.69) is 0 Å². The summed E-state index contributed by atoms with van der Waals surface area (Å²) >= 11 is 0. The van der Waals surface area contributed by atoms with Gasteiger partial charge >= 0.3 is 0 Å². The highest BCUT2D eigenvalue weighted by Crippen LogP contribution is 2.19. The van der Waals surface area contributed by atoms with Crippen LogP contribution in [0.15, 0.2) is 30.3 Å². The zero-order valence-electron chi connectivity index (χ0n) is 8.15. The number of rotatable bonds is 5. The molecule has 4 heteroatoms. The SMILES string of the molecule is O=CC[C@H](O)[C@H](O)[C@@H](O)c1ccccc1. The third-order valence-electron chi connectivity index (χ3n) is 2.20. The van der Waals surface area contributed by atoms with Crippen molar-refractivity contribution in [2.75, 3.05) is 0 Å². The predicted octanol–water partition coefficient (Wildman–Crippen LogP) is 0.0308. The molecular weight excluding hydrogens is 196 g/mol. The number of aldehydes is 1. The highest BCUT2D eigenvalue weighted by molar-refractivity contribution is 5.50. The molecule has 0 fully saturated rings. The maximum absolute atomic E-state index is 10.1. The van der Waals surface area contributed by atoms with Crippen molar-refractivity contribution in [3.8, 4) is 0 Å². The second kappa shape index (κ2) is 5.60. The minimum absolute atomic E-state index is 0.189. The summed E-state index contributed by atoms with van der Waals surface area (Å²) in [6.45, 7) is 0. The minimum atomic E-state index is -1.35. The quantitative estimate of drug-likeness (QED) is 0.599. The maximum atomic E-state index is 10.1. The van der Waals surface area contributed by atoms with Gasteiger partial charge in [0.05, 0.1) is 6.10 Å². The topological polar surface area (TPSA) is 77.8 Å². The summed E-state index contributed by atoms with van der Waals surface area (Å²) in [4.78, 5) is 10.1. The Balaban J connectivity index is 2.68. The highest BCUT2D eigenvalue weighted by Gasteiger charge is 2.25. The zero-order chi connectivity index (χ0) is 11.3. The Morgan fingerprint density at radius 3 is 2.27 bits per heavy atom. The van der Waals surface area contributed by atoms with Gasteiger partial charge in [0.25, 0.3) is 0 Å². The number of benzene rings is 1. The van der Waals surface area contributed by atoms with Crippen molar-refractivity contribution in [3.05, 3.63) is 35.9 Å². The number of hydrogen-bond donors (Lipinski definition) is 3. The first-order valence-corrected chi connectivity index (χ1v) is 4.69. The lowest BCUT2D eigenvalue weighted by molar-refractivity contribution is -0.114. The lowest BCUT2D eigenvalue weighted by atomic mass is 9.99. The van der Waals surface area contributed by atoms with Gasteiger partial charge in [-0.25, -0.2) is 0 Å². The molecule has 3 atom stereocenters. The van der Waals surface area contributed by atoms with E-state index >= 15 is 0 Å². The molecule has 1 rings (SSSR count). The van der Waals surface area contributed by atoms with Crippen molar-refractivity contribution in [1.29, 1.82) is 0 Å². The molecule has 0 bridgehead atoms. The van der Waals surface area contributed by atoms with E-state index in [0.29, 0.717) is 11.8 Å². The van der Waals surface area contributed by atoms with Crippen molar-refractivity contribution < 1.29 is 20.1 Å². The van der Waals surface area contributed by atoms with Gasteiger partial charge in [-0.05, 0) is 5.56 Å². The van der Waals surface area contributed by atoms with Crippen LogP contribution in [-0.4, -0.2) is 33.8 Å². The fourth-order valence-electron chi connectivity index (χ4n) is 1.30. The van der Waals surface area contributed by atoms with Crippen molar-refractivity contribution >= 4 is 6.29 Å². The van der Waals surface area contributed by atoms with Crippen LogP contribution in [0.25, 0.3) is 0 Å². The van der Waals surface area contributed by atoms with Crippen LogP contribution in [0, 0.1) is 0 Å². The van der Waals surface area contributed by atoms with E-state index in [4.69, 9.17) is 0 Å². The summed E-state index contributed by atoms with van der Waals surface area (Å²) in [5.41, 5.74) is 0.509. The van der Waals surface area contributed by atoms with Crippen molar-refractivity contribution in [1.82, 2.24) is 0 Å². The van der Waals surface area contributed by atoms with Crippen molar-refractivity contribution in [3.63, 3.8) is 0 Å². The summed E-state index contributed by atoms with van der Waals surface area (Å²) in [7, 11) is 0. The monoisotopic (exact) mass is 210 g/mol. The first kappa shape index (κ1) is 11.8. The van der Waals surface area contributed by atoms with E-state index in [1.807, 2.05) is 0 Å². The molecule has 0 saturated heterocycles. The molecule has 1 aromatic carbocycles. The number of hydrogen-bond acceptors (Lipinski definition) is 4. The number of carbonyl (C=O) groups is 1. The largest absolute Gasteiger partial charge is 0.390 e. The lowest BCUT2D eigenvalue weighted by Gasteiger charge is -2.21. The van der Waals surface area contributed by atoms with Gasteiger partial charge in [0.1, 0.15) is 18.5 Å². The van der Waals surface area contributed by atoms with Gasteiger partial charge in [-0.2, -0.15) is 0 Å². The normalized spacial score (nSPS) is 16.7. The van der Waals surface area contributed by atoms with Crippen LogP contribution in [-0.2, 0) is 4.79 Å². The zero-order valence-corrected chi connectivity index (χ0v) is 8.15. The van der Waals surface area contributed by atoms with E-state index in [-0.39, 0.29) is 6.42 Å². The Bertz CT molecular complexity index is 299. The number of carbonyl (C=O) groups excluding carboxylic acids is 1. The second-order valence-corrected chi connectivity index (χ2v) is 3.32. The van der Waals surface area contributed by atoms with Crippen LogP contribution in [0.2, 0.25) is 0 Å². The molecule has 0 spiro atoms. The first-order chi connectivity index (χ1) is 7.16. The highest BCUT2D eigenvalue weighted by atomic mass is 16.4. The third kappa shape index (κ3) is 3.13. The van der Waals surface area contributed by atoms with Gasteiger partial charge in [-0.3, -0.25) is 0 Å². The fraction of sp³-hybridized carbons (Fsp3) is 0.364. The maximum Gasteiger partial charge on any atom is 0.122 e. The molecule has 82 valence electrons. The molecule has 1 aromatic rings. The van der Waals surface area contributed by atoms with Crippen LogP contribution >= 0.6 is 0 Å². The molecule has 15 heavy (non-hydrogen) atoms. The lowest BCUT2D eigenvalue weighted by Crippen LogP contribution is -2.32. The minimum Gasteiger partial charge on any atom is -0.390 e. The van der Waals surface area contributed by atoms with Crippen LogP contribution in [0.3, 0.4) is 0 Å². The van der Waals surface area contributed by atoms with Gasteiger partial charge in [0.2, 0.25) is 0 Å². The van der Waals surface area contributed by atoms with Gasteiger partial charge in [-0.15, -0.1) is 0 Å². The molecule has 0 aromatic heterocycles. The van der Waals surface area contributed by atoms with Gasteiger partial charge in [-0.1, -0.05) is 30.3 Å². The van der Waals surface area contributed by atoms with Crippen molar-refractivity contribution in [2.45, 2.75) is 24.7 Å². The van der Waals surface area contributed by atoms with E-state index < -0.39 is 18.3 Å². The van der Waals surface area contributed by atoms with Gasteiger partial charge in [0.15, 0.2) is 0 Å². The Hall–Kier alpha value is -1.23. The average molecular weight is 210 g/mol. The first-order valence-electron chi connectivity index (χ1n) is 4.69. The molecule has 3 N–H and O–H groups in total. The Morgan fingerprint density at radius 1 is 1.13 bits per heavy atom. The predicted molar refractivity (Wildman–Crippen MR) is 54.1 cm³/mol. The number of aliphatic hydroxyl groups is 3. The Morgan fingerprint density at radius 2 is 1.73 bits per heavy atom. The summed E-state index contributed by atoms with van der Waals surface area (Å²) in [6, 6.07) is 8.50. The summed E-state index contributed by atoms with van der Waals surface area (Å²) in [5, 5.41) is 28.5. The molecule has 0 aliphatic carbocycles. The smallest absolute Gasteiger partial charge is 0.122 e. The van der Waals surface area contributed by atoms with Crippen LogP contribution < -0.4 is 0 Å². The van der Waals surface area contributed by atoms with Gasteiger partial charge in [0, 0.05) is 6.42 Å². The third-order valence-corrected chi connectivity index (χ3v) is 2.20. The average Bonchev–Trinajstić information content (AvgIpc) is 2.28. The molecule has 0 amide bonds. The molecule has 0 heterocycles.